The van der Waals surface area contributed by atoms with E-state index in [1.807, 2.05) is 36.6 Å². The summed E-state index contributed by atoms with van der Waals surface area (Å²) in [6.07, 6.45) is 0. The quantitative estimate of drug-likeness (QED) is 0.934. The monoisotopic (exact) mass is 273 g/mol. The van der Waals surface area contributed by atoms with Crippen molar-refractivity contribution in [3.05, 3.63) is 35.5 Å². The van der Waals surface area contributed by atoms with E-state index in [4.69, 9.17) is 9.47 Å². The number of nitrogens with zero attached hydrogens (tertiary/aromatic N) is 1. The predicted octanol–water partition coefficient (Wildman–Crippen LogP) is 2.91. The van der Waals surface area contributed by atoms with Crippen molar-refractivity contribution in [1.82, 2.24) is 4.57 Å². The van der Waals surface area contributed by atoms with Crippen LogP contribution in [0.15, 0.2) is 24.3 Å². The Morgan fingerprint density at radius 3 is 2.75 bits per heavy atom. The van der Waals surface area contributed by atoms with Gasteiger partial charge in [-0.2, -0.15) is 0 Å². The lowest BCUT2D eigenvalue weighted by molar-refractivity contribution is 0.0696. The molecule has 0 aliphatic carbocycles. The highest BCUT2D eigenvalue weighted by molar-refractivity contribution is 5.91. The van der Waals surface area contributed by atoms with E-state index >= 15 is 0 Å². The smallest absolute Gasteiger partial charge is 0.337 e. The van der Waals surface area contributed by atoms with Crippen molar-refractivity contribution in [1.29, 1.82) is 0 Å². The van der Waals surface area contributed by atoms with Crippen molar-refractivity contribution in [2.45, 2.75) is 20.4 Å². The minimum atomic E-state index is -0.906. The van der Waals surface area contributed by atoms with Crippen molar-refractivity contribution in [2.75, 3.05) is 6.79 Å². The Morgan fingerprint density at radius 1 is 1.30 bits per heavy atom. The highest BCUT2D eigenvalue weighted by atomic mass is 16.7. The first-order valence-electron chi connectivity index (χ1n) is 6.45. The molecule has 1 aliphatic rings. The average molecular weight is 273 g/mol. The molecule has 0 saturated heterocycles. The van der Waals surface area contributed by atoms with Gasteiger partial charge in [-0.15, -0.1) is 0 Å². The van der Waals surface area contributed by atoms with Gasteiger partial charge in [0.25, 0.3) is 0 Å². The van der Waals surface area contributed by atoms with E-state index in [0.717, 1.165) is 22.7 Å². The van der Waals surface area contributed by atoms with Gasteiger partial charge in [0.15, 0.2) is 11.5 Å². The molecular weight excluding hydrogens is 258 g/mol. The number of aromatic nitrogens is 1. The van der Waals surface area contributed by atoms with Crippen molar-refractivity contribution < 1.29 is 19.4 Å². The van der Waals surface area contributed by atoms with Crippen LogP contribution in [0.2, 0.25) is 0 Å². The highest BCUT2D eigenvalue weighted by Crippen LogP contribution is 2.37. The Balaban J connectivity index is 2.14. The number of fused-ring (bicyclic) bond motifs is 1. The van der Waals surface area contributed by atoms with Gasteiger partial charge in [0.2, 0.25) is 6.79 Å². The first-order chi connectivity index (χ1) is 9.61. The van der Waals surface area contributed by atoms with Crippen molar-refractivity contribution in [3.63, 3.8) is 0 Å². The zero-order chi connectivity index (χ0) is 14.3. The number of carboxylic acid groups (broad SMARTS) is 1. The minimum Gasteiger partial charge on any atom is -0.478 e. The Bertz CT molecular complexity index is 687. The lowest BCUT2D eigenvalue weighted by Gasteiger charge is -2.09. The van der Waals surface area contributed by atoms with E-state index in [9.17, 15) is 9.90 Å². The first kappa shape index (κ1) is 12.6. The normalized spacial score (nSPS) is 12.7. The van der Waals surface area contributed by atoms with Gasteiger partial charge >= 0.3 is 5.97 Å². The zero-order valence-corrected chi connectivity index (χ0v) is 11.3. The predicted molar refractivity (Wildman–Crippen MR) is 73.4 cm³/mol. The van der Waals surface area contributed by atoms with E-state index in [0.29, 0.717) is 17.9 Å². The van der Waals surface area contributed by atoms with Crippen LogP contribution in [0.5, 0.6) is 11.5 Å². The zero-order valence-electron chi connectivity index (χ0n) is 11.3. The second-order valence-electron chi connectivity index (χ2n) is 4.65. The van der Waals surface area contributed by atoms with Crippen LogP contribution in [-0.4, -0.2) is 22.4 Å². The molecule has 0 atom stereocenters. The van der Waals surface area contributed by atoms with Crippen LogP contribution in [-0.2, 0) is 6.54 Å². The number of hydrogen-bond donors (Lipinski definition) is 1. The summed E-state index contributed by atoms with van der Waals surface area (Å²) in [5.41, 5.74) is 2.89. The van der Waals surface area contributed by atoms with Gasteiger partial charge in [-0.1, -0.05) is 0 Å². The number of aromatic carboxylic acids is 1. The van der Waals surface area contributed by atoms with Crippen LogP contribution >= 0.6 is 0 Å². The molecule has 5 nitrogen and oxygen atoms in total. The number of carbonyl (C=O) groups is 1. The fraction of sp³-hybridized carbons (Fsp3) is 0.267. The minimum absolute atomic E-state index is 0.229. The summed E-state index contributed by atoms with van der Waals surface area (Å²) in [7, 11) is 0. The van der Waals surface area contributed by atoms with Crippen molar-refractivity contribution >= 4 is 5.97 Å². The summed E-state index contributed by atoms with van der Waals surface area (Å²) in [5.74, 6) is 0.510. The molecule has 0 radical (unpaired) electrons. The summed E-state index contributed by atoms with van der Waals surface area (Å²) < 4.78 is 12.6. The van der Waals surface area contributed by atoms with Crippen LogP contribution in [0.25, 0.3) is 11.3 Å². The topological polar surface area (TPSA) is 60.7 Å². The molecule has 1 aromatic carbocycles. The third kappa shape index (κ3) is 1.82. The van der Waals surface area contributed by atoms with Crippen molar-refractivity contribution in [3.8, 4) is 22.8 Å². The lowest BCUT2D eigenvalue weighted by atomic mass is 10.1. The molecular formula is C15H15NO4. The second kappa shape index (κ2) is 4.59. The molecule has 1 aliphatic heterocycles. The molecule has 104 valence electrons. The highest BCUT2D eigenvalue weighted by Gasteiger charge is 2.19. The molecule has 1 N–H and O–H groups in total. The van der Waals surface area contributed by atoms with E-state index < -0.39 is 5.97 Å². The molecule has 20 heavy (non-hydrogen) atoms. The first-order valence-corrected chi connectivity index (χ1v) is 6.45. The van der Waals surface area contributed by atoms with E-state index in [1.54, 1.807) is 6.07 Å². The molecule has 0 unspecified atom stereocenters. The third-order valence-corrected chi connectivity index (χ3v) is 3.58. The van der Waals surface area contributed by atoms with Crippen LogP contribution < -0.4 is 9.47 Å². The third-order valence-electron chi connectivity index (χ3n) is 3.58. The van der Waals surface area contributed by atoms with Gasteiger partial charge < -0.3 is 19.1 Å². The Morgan fingerprint density at radius 2 is 2.05 bits per heavy atom. The molecule has 0 spiro atoms. The molecule has 1 aromatic heterocycles. The van der Waals surface area contributed by atoms with Gasteiger partial charge in [-0.05, 0) is 38.1 Å². The number of ether oxygens (including phenoxy) is 2. The Kier molecular flexibility index (Phi) is 2.89. The molecule has 0 fully saturated rings. The molecule has 0 bridgehead atoms. The summed E-state index contributed by atoms with van der Waals surface area (Å²) >= 11 is 0. The van der Waals surface area contributed by atoms with Crippen LogP contribution in [0.1, 0.15) is 23.0 Å². The standard InChI is InChI=1S/C15H15NO4/c1-3-16-9(2)11(15(17)18)7-12(16)10-4-5-13-14(6-10)20-8-19-13/h4-7H,3,8H2,1-2H3,(H,17,18). The SMILES string of the molecule is CCn1c(-c2ccc3c(c2)OCO3)cc(C(=O)O)c1C. The van der Waals surface area contributed by atoms with Crippen LogP contribution in [0.3, 0.4) is 0 Å². The van der Waals surface area contributed by atoms with Crippen LogP contribution in [0.4, 0.5) is 0 Å². The van der Waals surface area contributed by atoms with Crippen LogP contribution in [0, 0.1) is 6.92 Å². The van der Waals surface area contributed by atoms with E-state index in [-0.39, 0.29) is 6.79 Å². The van der Waals surface area contributed by atoms with Gasteiger partial charge in [-0.3, -0.25) is 0 Å². The molecule has 2 heterocycles. The lowest BCUT2D eigenvalue weighted by Crippen LogP contribution is -2.02. The maximum Gasteiger partial charge on any atom is 0.337 e. The maximum absolute atomic E-state index is 11.3. The fourth-order valence-corrected chi connectivity index (χ4v) is 2.56. The largest absolute Gasteiger partial charge is 0.478 e. The molecule has 3 rings (SSSR count). The number of hydrogen-bond acceptors (Lipinski definition) is 3. The second-order valence-corrected chi connectivity index (χ2v) is 4.65. The molecule has 0 amide bonds. The summed E-state index contributed by atoms with van der Waals surface area (Å²) in [5, 5.41) is 9.24. The Hall–Kier alpha value is -2.43. The Labute approximate surface area is 116 Å². The van der Waals surface area contributed by atoms with Gasteiger partial charge in [-0.25, -0.2) is 4.79 Å². The van der Waals surface area contributed by atoms with E-state index in [1.165, 1.54) is 0 Å². The summed E-state index contributed by atoms with van der Waals surface area (Å²) in [6, 6.07) is 7.36. The molecule has 0 saturated carbocycles. The summed E-state index contributed by atoms with van der Waals surface area (Å²) in [4.78, 5) is 11.3. The molecule has 5 heteroatoms. The number of carboxylic acids is 1. The fourth-order valence-electron chi connectivity index (χ4n) is 2.56. The molecule has 2 aromatic rings. The van der Waals surface area contributed by atoms with Crippen molar-refractivity contribution in [2.24, 2.45) is 0 Å². The van der Waals surface area contributed by atoms with Gasteiger partial charge in [0.1, 0.15) is 0 Å². The number of benzene rings is 1. The van der Waals surface area contributed by atoms with Gasteiger partial charge in [0.05, 0.1) is 5.56 Å². The number of rotatable bonds is 3. The average Bonchev–Trinajstić information content (AvgIpc) is 3.01. The van der Waals surface area contributed by atoms with E-state index in [2.05, 4.69) is 0 Å². The summed E-state index contributed by atoms with van der Waals surface area (Å²) in [6.45, 7) is 4.76. The van der Waals surface area contributed by atoms with Gasteiger partial charge in [0, 0.05) is 23.5 Å². The maximum atomic E-state index is 11.3.